The van der Waals surface area contributed by atoms with E-state index in [2.05, 4.69) is 54.9 Å². The minimum absolute atomic E-state index is 0.0227. The van der Waals surface area contributed by atoms with E-state index in [1.165, 1.54) is 11.3 Å². The van der Waals surface area contributed by atoms with Crippen molar-refractivity contribution in [2.45, 2.75) is 64.6 Å². The Morgan fingerprint density at radius 2 is 1.64 bits per heavy atom. The van der Waals surface area contributed by atoms with Crippen LogP contribution in [0.1, 0.15) is 56.9 Å². The summed E-state index contributed by atoms with van der Waals surface area (Å²) < 4.78 is 29.3. The summed E-state index contributed by atoms with van der Waals surface area (Å²) in [6.45, 7) is 12.0. The van der Waals surface area contributed by atoms with Gasteiger partial charge in [0, 0.05) is 35.8 Å². The maximum atomic E-state index is 16.0. The van der Waals surface area contributed by atoms with Crippen LogP contribution in [0, 0.1) is 5.82 Å². The number of morpholine rings is 1. The minimum Gasteiger partial charge on any atom is -0.403 e. The molecule has 4 aromatic rings. The van der Waals surface area contributed by atoms with E-state index in [0.717, 1.165) is 15.9 Å². The third-order valence-electron chi connectivity index (χ3n) is 7.86. The van der Waals surface area contributed by atoms with E-state index in [-0.39, 0.29) is 34.4 Å². The van der Waals surface area contributed by atoms with Crippen molar-refractivity contribution in [3.8, 4) is 0 Å². The molecule has 2 heterocycles. The highest BCUT2D eigenvalue weighted by Gasteiger charge is 2.50. The number of hydrogen-bond acceptors (Lipinski definition) is 6. The largest absolute Gasteiger partial charge is 0.403 e. The number of aliphatic hydroxyl groups is 1. The monoisotopic (exact) mass is 624 g/mol. The summed E-state index contributed by atoms with van der Waals surface area (Å²) in [4.78, 5) is 6.32. The van der Waals surface area contributed by atoms with Crippen LogP contribution in [0.5, 0.6) is 0 Å². The lowest BCUT2D eigenvalue weighted by molar-refractivity contribution is -0.00532. The van der Waals surface area contributed by atoms with Crippen LogP contribution in [0.25, 0.3) is 0 Å². The molecule has 1 saturated heterocycles. The Hall–Kier alpha value is -2.59. The third-order valence-corrected chi connectivity index (χ3v) is 14.0. The first-order valence-electron chi connectivity index (χ1n) is 14.3. The van der Waals surface area contributed by atoms with E-state index in [0.29, 0.717) is 23.8 Å². The zero-order valence-electron chi connectivity index (χ0n) is 24.7. The lowest BCUT2D eigenvalue weighted by atomic mass is 10.0. The van der Waals surface area contributed by atoms with Crippen molar-refractivity contribution in [3.63, 3.8) is 0 Å². The van der Waals surface area contributed by atoms with Gasteiger partial charge < -0.3 is 19.2 Å². The van der Waals surface area contributed by atoms with Gasteiger partial charge in [0.1, 0.15) is 22.0 Å². The second kappa shape index (κ2) is 12.6. The third kappa shape index (κ3) is 5.93. The molecular weight excluding hydrogens is 587 g/mol. The van der Waals surface area contributed by atoms with Crippen LogP contribution in [0.3, 0.4) is 0 Å². The number of rotatable bonds is 8. The highest BCUT2D eigenvalue weighted by atomic mass is 35.5. The zero-order chi connectivity index (χ0) is 30.1. The number of aliphatic hydroxyl groups excluding tert-OH is 1. The van der Waals surface area contributed by atoms with Gasteiger partial charge in [-0.05, 0) is 35.3 Å². The highest BCUT2D eigenvalue weighted by Crippen LogP contribution is 2.42. The molecule has 1 aliphatic rings. The highest BCUT2D eigenvalue weighted by molar-refractivity contribution is 7.09. The fourth-order valence-electron chi connectivity index (χ4n) is 6.15. The molecule has 1 unspecified atom stereocenters. The Morgan fingerprint density at radius 3 is 2.14 bits per heavy atom. The van der Waals surface area contributed by atoms with Gasteiger partial charge in [-0.15, -0.1) is 11.3 Å². The summed E-state index contributed by atoms with van der Waals surface area (Å²) in [6, 6.07) is 22.5. The summed E-state index contributed by atoms with van der Waals surface area (Å²) in [5.74, 6) is -0.643. The van der Waals surface area contributed by atoms with E-state index in [4.69, 9.17) is 20.8 Å². The molecule has 222 valence electrons. The number of nitrogens with zero attached hydrogens (tertiary/aromatic N) is 2. The van der Waals surface area contributed by atoms with Crippen molar-refractivity contribution in [2.24, 2.45) is 0 Å². The van der Waals surface area contributed by atoms with E-state index in [9.17, 15) is 5.11 Å². The van der Waals surface area contributed by atoms with Crippen molar-refractivity contribution in [2.75, 3.05) is 18.0 Å². The molecule has 3 aromatic carbocycles. The van der Waals surface area contributed by atoms with Crippen molar-refractivity contribution >= 4 is 47.3 Å². The number of aromatic nitrogens is 1. The maximum absolute atomic E-state index is 16.0. The summed E-state index contributed by atoms with van der Waals surface area (Å²) in [5, 5.41) is 15.4. The molecule has 1 aliphatic heterocycles. The van der Waals surface area contributed by atoms with Gasteiger partial charge in [-0.25, -0.2) is 9.37 Å². The van der Waals surface area contributed by atoms with Crippen molar-refractivity contribution in [3.05, 3.63) is 105 Å². The molecule has 0 spiro atoms. The first kappa shape index (κ1) is 30.9. The molecule has 3 atom stereocenters. The lowest BCUT2D eigenvalue weighted by Gasteiger charge is -2.43. The van der Waals surface area contributed by atoms with Crippen LogP contribution < -0.4 is 15.3 Å². The van der Waals surface area contributed by atoms with Gasteiger partial charge >= 0.3 is 0 Å². The summed E-state index contributed by atoms with van der Waals surface area (Å²) in [6.07, 6.45) is 0.240. The van der Waals surface area contributed by atoms with Gasteiger partial charge in [0.2, 0.25) is 0 Å². The predicted molar refractivity (Wildman–Crippen MR) is 172 cm³/mol. The standard InChI is InChI=1S/C33H38ClFN2O3SSi/c1-22-19-37(20-23(2)40-22)30-24(18-27(29(35)28(30)34)31(38)32-36-16-17-41-32)21-39-42(33(3,4)5,25-12-8-6-9-13-25)26-14-10-7-11-15-26/h6-18,22-23,31,38H,19-21H2,1-5H3/t22-,23+,31?. The predicted octanol–water partition coefficient (Wildman–Crippen LogP) is 6.71. The van der Waals surface area contributed by atoms with E-state index >= 15 is 4.39 Å². The molecule has 0 bridgehead atoms. The van der Waals surface area contributed by atoms with Crippen LogP contribution in [0.15, 0.2) is 78.3 Å². The molecular formula is C33H38ClFN2O3SSi. The van der Waals surface area contributed by atoms with Crippen molar-refractivity contribution < 1.29 is 18.7 Å². The van der Waals surface area contributed by atoms with Crippen LogP contribution in [-0.4, -0.2) is 43.7 Å². The van der Waals surface area contributed by atoms with E-state index in [1.54, 1.807) is 17.6 Å². The van der Waals surface area contributed by atoms with Crippen LogP contribution in [0.4, 0.5) is 10.1 Å². The number of benzene rings is 3. The number of ether oxygens (including phenoxy) is 1. The van der Waals surface area contributed by atoms with Crippen molar-refractivity contribution in [1.82, 2.24) is 4.98 Å². The first-order valence-corrected chi connectivity index (χ1v) is 17.4. The fraction of sp³-hybridized carbons (Fsp3) is 0.364. The number of anilines is 1. The second-order valence-corrected chi connectivity index (χ2v) is 17.6. The molecule has 1 N–H and O–H groups in total. The SMILES string of the molecule is C[C@@H]1CN(c2c(CO[Si](c3ccccc3)(c3ccccc3)C(C)(C)C)cc(C(O)c3nccs3)c(F)c2Cl)C[C@H](C)O1. The summed E-state index contributed by atoms with van der Waals surface area (Å²) in [5.41, 5.74) is 1.40. The average Bonchev–Trinajstić information content (AvgIpc) is 3.50. The van der Waals surface area contributed by atoms with Crippen LogP contribution >= 0.6 is 22.9 Å². The van der Waals surface area contributed by atoms with Gasteiger partial charge in [-0.1, -0.05) is 93.0 Å². The van der Waals surface area contributed by atoms with Gasteiger partial charge in [0.05, 0.1) is 24.5 Å². The molecule has 0 saturated carbocycles. The van der Waals surface area contributed by atoms with E-state index in [1.807, 2.05) is 50.2 Å². The molecule has 5 rings (SSSR count). The first-order chi connectivity index (χ1) is 20.0. The molecule has 5 nitrogen and oxygen atoms in total. The second-order valence-electron chi connectivity index (χ2n) is 12.0. The molecule has 0 aliphatic carbocycles. The Kier molecular flexibility index (Phi) is 9.23. The maximum Gasteiger partial charge on any atom is 0.261 e. The molecule has 42 heavy (non-hydrogen) atoms. The Morgan fingerprint density at radius 1 is 1.07 bits per heavy atom. The van der Waals surface area contributed by atoms with Gasteiger partial charge in [0.15, 0.2) is 0 Å². The summed E-state index contributed by atoms with van der Waals surface area (Å²) >= 11 is 8.15. The number of halogens is 2. The molecule has 0 amide bonds. The number of hydrogen-bond donors (Lipinski definition) is 1. The van der Waals surface area contributed by atoms with Crippen LogP contribution in [0.2, 0.25) is 10.1 Å². The van der Waals surface area contributed by atoms with Crippen LogP contribution in [-0.2, 0) is 15.8 Å². The molecule has 0 radical (unpaired) electrons. The smallest absolute Gasteiger partial charge is 0.261 e. The molecule has 1 aromatic heterocycles. The van der Waals surface area contributed by atoms with Gasteiger partial charge in [0.25, 0.3) is 8.32 Å². The molecule has 1 fully saturated rings. The fourth-order valence-corrected chi connectivity index (χ4v) is 11.7. The Labute approximate surface area is 258 Å². The summed E-state index contributed by atoms with van der Waals surface area (Å²) in [7, 11) is -2.91. The quantitative estimate of drug-likeness (QED) is 0.221. The normalized spacial score (nSPS) is 18.7. The zero-order valence-corrected chi connectivity index (χ0v) is 27.3. The van der Waals surface area contributed by atoms with E-state index < -0.39 is 20.2 Å². The lowest BCUT2D eigenvalue weighted by Crippen LogP contribution is -2.66. The van der Waals surface area contributed by atoms with Crippen molar-refractivity contribution in [1.29, 1.82) is 0 Å². The topological polar surface area (TPSA) is 54.8 Å². The average molecular weight is 625 g/mol. The Balaban J connectivity index is 1.67. The van der Waals surface area contributed by atoms with Gasteiger partial charge in [-0.3, -0.25) is 0 Å². The van der Waals surface area contributed by atoms with Gasteiger partial charge in [-0.2, -0.15) is 0 Å². The minimum atomic E-state index is -2.91. The number of thiazole rings is 1. The Bertz CT molecular complexity index is 1440. The molecule has 9 heteroatoms.